The number of hydrogen-bond acceptors (Lipinski definition) is 4. The Balaban J connectivity index is 1.25. The summed E-state index contributed by atoms with van der Waals surface area (Å²) in [7, 11) is 3.37. The van der Waals surface area contributed by atoms with E-state index in [4.69, 9.17) is 11.6 Å². The Bertz CT molecular complexity index is 1170. The molecule has 0 bridgehead atoms. The van der Waals surface area contributed by atoms with Crippen LogP contribution < -0.4 is 10.2 Å². The Morgan fingerprint density at radius 3 is 2.37 bits per heavy atom. The number of carbonyl (C=O) groups excluding carboxylic acids is 2. The van der Waals surface area contributed by atoms with Crippen molar-refractivity contribution in [2.75, 3.05) is 38.6 Å². The second-order valence-corrected chi connectivity index (χ2v) is 11.0. The van der Waals surface area contributed by atoms with E-state index in [1.807, 2.05) is 12.1 Å². The van der Waals surface area contributed by atoms with Gasteiger partial charge in [0, 0.05) is 45.0 Å². The normalized spacial score (nSPS) is 20.1. The van der Waals surface area contributed by atoms with E-state index in [0.717, 1.165) is 56.6 Å². The summed E-state index contributed by atoms with van der Waals surface area (Å²) in [5.41, 5.74) is -2.39. The fraction of sp³-hybridized carbons (Fsp3) is 0.500. The Labute approximate surface area is 225 Å². The van der Waals surface area contributed by atoms with Crippen LogP contribution in [0.1, 0.15) is 48.0 Å². The van der Waals surface area contributed by atoms with E-state index in [-0.39, 0.29) is 17.9 Å². The Morgan fingerprint density at radius 2 is 1.79 bits per heavy atom. The van der Waals surface area contributed by atoms with Crippen LogP contribution in [0.25, 0.3) is 0 Å². The molecule has 1 aliphatic heterocycles. The van der Waals surface area contributed by atoms with Crippen LogP contribution in [0.15, 0.2) is 48.5 Å². The molecule has 4 rings (SSSR count). The number of anilines is 1. The number of nitrogens with zero attached hydrogens (tertiary/aromatic N) is 2. The minimum atomic E-state index is -5.14. The summed E-state index contributed by atoms with van der Waals surface area (Å²) in [6.07, 6.45) is -0.712. The summed E-state index contributed by atoms with van der Waals surface area (Å²) < 4.78 is 41.0. The number of carbonyl (C=O) groups is 2. The zero-order valence-corrected chi connectivity index (χ0v) is 22.3. The van der Waals surface area contributed by atoms with Gasteiger partial charge in [0.1, 0.15) is 0 Å². The molecule has 1 heterocycles. The molecule has 38 heavy (non-hydrogen) atoms. The smallest absolute Gasteiger partial charge is 0.371 e. The quantitative estimate of drug-likeness (QED) is 0.453. The molecule has 6 nitrogen and oxygen atoms in total. The van der Waals surface area contributed by atoms with Gasteiger partial charge < -0.3 is 20.2 Å². The molecule has 1 spiro atoms. The maximum atomic E-state index is 13.7. The van der Waals surface area contributed by atoms with E-state index >= 15 is 0 Å². The van der Waals surface area contributed by atoms with Gasteiger partial charge in [-0.3, -0.25) is 9.59 Å². The van der Waals surface area contributed by atoms with Crippen LogP contribution in [0.2, 0.25) is 5.02 Å². The number of alkyl halides is 3. The SMILES string of the molecule is CN(C)C(=O)c1ccc(N2CCC3(CC2)CC3CCCNC(=O)[C@](O)(c2ccccc2)C(F)(F)F)cc1Cl. The van der Waals surface area contributed by atoms with Gasteiger partial charge in [-0.15, -0.1) is 0 Å². The van der Waals surface area contributed by atoms with Crippen molar-refractivity contribution in [1.29, 1.82) is 0 Å². The van der Waals surface area contributed by atoms with Crippen molar-refractivity contribution in [2.24, 2.45) is 11.3 Å². The van der Waals surface area contributed by atoms with Gasteiger partial charge in [0.2, 0.25) is 0 Å². The molecule has 1 aliphatic carbocycles. The molecule has 1 unspecified atom stereocenters. The molecule has 2 N–H and O–H groups in total. The predicted octanol–water partition coefficient (Wildman–Crippen LogP) is 4.99. The third-order valence-corrected chi connectivity index (χ3v) is 8.33. The molecule has 2 aromatic rings. The predicted molar refractivity (Wildman–Crippen MR) is 140 cm³/mol. The standard InChI is InChI=1S/C28H33ClF3N3O3/c1-34(2)24(36)22-11-10-21(17-23(22)29)35-15-12-26(13-16-35)18-20(26)9-6-14-33-25(37)27(38,28(30,31)32)19-7-4-3-5-8-19/h3-5,7-8,10-11,17,20,38H,6,9,12-16,18H2,1-2H3,(H,33,37)/t20?,27-/m1/s1. The van der Waals surface area contributed by atoms with E-state index in [9.17, 15) is 27.9 Å². The third kappa shape index (κ3) is 5.50. The first-order chi connectivity index (χ1) is 17.9. The van der Waals surface area contributed by atoms with Gasteiger partial charge in [-0.1, -0.05) is 41.9 Å². The second-order valence-electron chi connectivity index (χ2n) is 10.6. The number of nitrogens with one attached hydrogen (secondary N) is 1. The van der Waals surface area contributed by atoms with Crippen molar-refractivity contribution in [1.82, 2.24) is 10.2 Å². The lowest BCUT2D eigenvalue weighted by Crippen LogP contribution is -2.54. The number of piperidine rings is 1. The summed E-state index contributed by atoms with van der Waals surface area (Å²) in [5, 5.41) is 13.1. The molecule has 2 aromatic carbocycles. The lowest BCUT2D eigenvalue weighted by atomic mass is 9.89. The highest BCUT2D eigenvalue weighted by atomic mass is 35.5. The molecule has 2 amide bonds. The van der Waals surface area contributed by atoms with Crippen molar-refractivity contribution in [2.45, 2.75) is 43.9 Å². The van der Waals surface area contributed by atoms with Gasteiger partial charge in [-0.2, -0.15) is 13.2 Å². The molecule has 2 aliphatic rings. The van der Waals surface area contributed by atoms with Crippen molar-refractivity contribution >= 4 is 29.1 Å². The van der Waals surface area contributed by atoms with Crippen LogP contribution >= 0.6 is 11.6 Å². The molecule has 2 atom stereocenters. The zero-order valence-electron chi connectivity index (χ0n) is 21.5. The minimum Gasteiger partial charge on any atom is -0.371 e. The van der Waals surface area contributed by atoms with Crippen molar-refractivity contribution < 1.29 is 27.9 Å². The minimum absolute atomic E-state index is 0.0687. The van der Waals surface area contributed by atoms with Crippen LogP contribution in [-0.2, 0) is 10.4 Å². The Morgan fingerprint density at radius 1 is 1.13 bits per heavy atom. The lowest BCUT2D eigenvalue weighted by Gasteiger charge is -2.35. The fourth-order valence-electron chi connectivity index (χ4n) is 5.56. The van der Waals surface area contributed by atoms with Gasteiger partial charge >= 0.3 is 6.18 Å². The first kappa shape index (κ1) is 28.2. The fourth-order valence-corrected chi connectivity index (χ4v) is 5.81. The molecular formula is C28H33ClF3N3O3. The monoisotopic (exact) mass is 551 g/mol. The highest BCUT2D eigenvalue weighted by Gasteiger charge is 2.60. The van der Waals surface area contributed by atoms with Gasteiger partial charge in [-0.05, 0) is 61.6 Å². The van der Waals surface area contributed by atoms with E-state index in [2.05, 4.69) is 10.2 Å². The Kier molecular flexibility index (Phi) is 8.00. The van der Waals surface area contributed by atoms with Crippen molar-refractivity contribution in [3.63, 3.8) is 0 Å². The van der Waals surface area contributed by atoms with Gasteiger partial charge in [0.15, 0.2) is 0 Å². The molecule has 2 fully saturated rings. The van der Waals surface area contributed by atoms with Crippen molar-refractivity contribution in [3.05, 3.63) is 64.7 Å². The largest absolute Gasteiger partial charge is 0.430 e. The molecular weight excluding hydrogens is 519 g/mol. The second kappa shape index (κ2) is 10.8. The summed E-state index contributed by atoms with van der Waals surface area (Å²) in [6, 6.07) is 11.9. The maximum absolute atomic E-state index is 13.7. The van der Waals surface area contributed by atoms with Gasteiger partial charge in [-0.25, -0.2) is 0 Å². The lowest BCUT2D eigenvalue weighted by molar-refractivity contribution is -0.257. The highest BCUT2D eigenvalue weighted by molar-refractivity contribution is 6.34. The summed E-state index contributed by atoms with van der Waals surface area (Å²) >= 11 is 6.38. The summed E-state index contributed by atoms with van der Waals surface area (Å²) in [5.74, 6) is -1.12. The number of hydrogen-bond donors (Lipinski definition) is 2. The van der Waals surface area contributed by atoms with Crippen LogP contribution in [-0.4, -0.2) is 61.7 Å². The van der Waals surface area contributed by atoms with Gasteiger partial charge in [0.05, 0.1) is 10.6 Å². The first-order valence-electron chi connectivity index (χ1n) is 12.8. The maximum Gasteiger partial charge on any atom is 0.430 e. The zero-order chi connectivity index (χ0) is 27.7. The number of rotatable bonds is 8. The van der Waals surface area contributed by atoms with Crippen LogP contribution in [0.5, 0.6) is 0 Å². The molecule has 206 valence electrons. The Hall–Kier alpha value is -2.78. The molecule has 10 heteroatoms. The van der Waals surface area contributed by atoms with E-state index in [0.29, 0.717) is 22.9 Å². The number of benzene rings is 2. The topological polar surface area (TPSA) is 72.9 Å². The van der Waals surface area contributed by atoms with Crippen LogP contribution in [0.4, 0.5) is 18.9 Å². The van der Waals surface area contributed by atoms with Crippen molar-refractivity contribution in [3.8, 4) is 0 Å². The highest BCUT2D eigenvalue weighted by Crippen LogP contribution is 2.61. The van der Waals surface area contributed by atoms with Gasteiger partial charge in [0.25, 0.3) is 17.4 Å². The average molecular weight is 552 g/mol. The summed E-state index contributed by atoms with van der Waals surface area (Å²) in [6.45, 7) is 1.79. The van der Waals surface area contributed by atoms with Crippen LogP contribution in [0.3, 0.4) is 0 Å². The van der Waals surface area contributed by atoms with E-state index < -0.39 is 23.2 Å². The van der Waals surface area contributed by atoms with E-state index in [1.165, 1.54) is 23.1 Å². The number of halogens is 4. The number of aliphatic hydroxyl groups is 1. The molecule has 1 saturated heterocycles. The van der Waals surface area contributed by atoms with E-state index in [1.54, 1.807) is 20.2 Å². The summed E-state index contributed by atoms with van der Waals surface area (Å²) in [4.78, 5) is 28.4. The van der Waals surface area contributed by atoms with Crippen LogP contribution in [0, 0.1) is 11.3 Å². The average Bonchev–Trinajstić information content (AvgIpc) is 3.56. The third-order valence-electron chi connectivity index (χ3n) is 8.02. The first-order valence-corrected chi connectivity index (χ1v) is 13.2. The molecule has 0 aromatic heterocycles. The molecule has 1 saturated carbocycles. The molecule has 0 radical (unpaired) electrons. The number of amides is 2.